The van der Waals surface area contributed by atoms with Gasteiger partial charge in [-0.15, -0.1) is 11.3 Å². The van der Waals surface area contributed by atoms with Gasteiger partial charge in [0.25, 0.3) is 0 Å². The first-order valence-corrected chi connectivity index (χ1v) is 9.84. The average Bonchev–Trinajstić information content (AvgIpc) is 3.18. The molecule has 1 aromatic carbocycles. The van der Waals surface area contributed by atoms with E-state index in [4.69, 9.17) is 9.47 Å². The number of ether oxygens (including phenoxy) is 2. The van der Waals surface area contributed by atoms with E-state index in [1.165, 1.54) is 6.33 Å². The van der Waals surface area contributed by atoms with Crippen LogP contribution in [0.5, 0.6) is 0 Å². The van der Waals surface area contributed by atoms with Crippen LogP contribution in [0.15, 0.2) is 42.7 Å². The van der Waals surface area contributed by atoms with Crippen LogP contribution in [0.2, 0.25) is 0 Å². The molecule has 0 atom stereocenters. The van der Waals surface area contributed by atoms with Gasteiger partial charge in [0.2, 0.25) is 5.91 Å². The van der Waals surface area contributed by atoms with Gasteiger partial charge >= 0.3 is 0 Å². The van der Waals surface area contributed by atoms with Crippen molar-refractivity contribution in [3.63, 3.8) is 0 Å². The Morgan fingerprint density at radius 1 is 1.11 bits per heavy atom. The SMILES string of the molecule is COCCN(CCOC)C(=O)CNc1ncnc2sc(-c3ccccc3)cc12. The third-order valence-corrected chi connectivity index (χ3v) is 5.37. The molecule has 0 aliphatic rings. The molecule has 3 aromatic rings. The first-order chi connectivity index (χ1) is 13.7. The minimum absolute atomic E-state index is 0.0284. The van der Waals surface area contributed by atoms with Crippen molar-refractivity contribution in [2.24, 2.45) is 0 Å². The van der Waals surface area contributed by atoms with Crippen molar-refractivity contribution < 1.29 is 14.3 Å². The van der Waals surface area contributed by atoms with Crippen molar-refractivity contribution in [2.45, 2.75) is 0 Å². The molecule has 0 aliphatic carbocycles. The first kappa shape index (κ1) is 20.2. The molecule has 2 heterocycles. The van der Waals surface area contributed by atoms with Crippen LogP contribution in [0.3, 0.4) is 0 Å². The number of carbonyl (C=O) groups excluding carboxylic acids is 1. The minimum atomic E-state index is -0.0284. The van der Waals surface area contributed by atoms with Gasteiger partial charge in [0.05, 0.1) is 25.1 Å². The predicted molar refractivity (Wildman–Crippen MR) is 112 cm³/mol. The van der Waals surface area contributed by atoms with Crippen LogP contribution in [0.1, 0.15) is 0 Å². The van der Waals surface area contributed by atoms with Crippen molar-refractivity contribution >= 4 is 33.3 Å². The van der Waals surface area contributed by atoms with Crippen LogP contribution in [0.4, 0.5) is 5.82 Å². The molecule has 8 heteroatoms. The van der Waals surface area contributed by atoms with Gasteiger partial charge < -0.3 is 19.7 Å². The number of benzene rings is 1. The summed E-state index contributed by atoms with van der Waals surface area (Å²) in [6.07, 6.45) is 1.52. The number of hydrogen-bond acceptors (Lipinski definition) is 7. The highest BCUT2D eigenvalue weighted by molar-refractivity contribution is 7.21. The summed E-state index contributed by atoms with van der Waals surface area (Å²) in [6.45, 7) is 2.17. The maximum Gasteiger partial charge on any atom is 0.242 e. The number of nitrogens with one attached hydrogen (secondary N) is 1. The molecular formula is C20H24N4O3S. The van der Waals surface area contributed by atoms with Gasteiger partial charge in [-0.3, -0.25) is 4.79 Å². The number of thiophene rings is 1. The standard InChI is InChI=1S/C20H24N4O3S/c1-26-10-8-24(9-11-27-2)18(25)13-21-19-16-12-17(15-6-4-3-5-7-15)28-20(16)23-14-22-19/h3-7,12,14H,8-11,13H2,1-2H3,(H,21,22,23). The Morgan fingerprint density at radius 3 is 2.50 bits per heavy atom. The second-order valence-corrected chi connectivity index (χ2v) is 7.17. The van der Waals surface area contributed by atoms with Crippen LogP contribution in [0.25, 0.3) is 20.7 Å². The van der Waals surface area contributed by atoms with E-state index in [0.29, 0.717) is 32.1 Å². The highest BCUT2D eigenvalue weighted by atomic mass is 32.1. The molecule has 1 N–H and O–H groups in total. The van der Waals surface area contributed by atoms with Crippen molar-refractivity contribution in [2.75, 3.05) is 52.4 Å². The monoisotopic (exact) mass is 400 g/mol. The highest BCUT2D eigenvalue weighted by Crippen LogP contribution is 2.34. The van der Waals surface area contributed by atoms with Crippen molar-refractivity contribution in [3.05, 3.63) is 42.7 Å². The van der Waals surface area contributed by atoms with E-state index in [1.807, 2.05) is 18.2 Å². The molecule has 3 rings (SSSR count). The molecule has 0 saturated heterocycles. The molecule has 2 aromatic heterocycles. The highest BCUT2D eigenvalue weighted by Gasteiger charge is 2.15. The van der Waals surface area contributed by atoms with E-state index in [-0.39, 0.29) is 12.5 Å². The lowest BCUT2D eigenvalue weighted by molar-refractivity contribution is -0.130. The maximum absolute atomic E-state index is 12.6. The molecule has 148 valence electrons. The quantitative estimate of drug-likeness (QED) is 0.564. The first-order valence-electron chi connectivity index (χ1n) is 9.02. The number of rotatable bonds is 10. The maximum atomic E-state index is 12.6. The van der Waals surface area contributed by atoms with E-state index in [1.54, 1.807) is 30.5 Å². The summed E-state index contributed by atoms with van der Waals surface area (Å²) in [6, 6.07) is 12.2. The molecule has 0 aliphatic heterocycles. The molecule has 0 unspecified atom stereocenters. The third-order valence-electron chi connectivity index (χ3n) is 4.28. The Balaban J connectivity index is 1.73. The average molecular weight is 401 g/mol. The molecule has 7 nitrogen and oxygen atoms in total. The van der Waals surface area contributed by atoms with E-state index in [2.05, 4.69) is 33.5 Å². The van der Waals surface area contributed by atoms with Gasteiger partial charge in [-0.25, -0.2) is 9.97 Å². The Bertz CT molecular complexity index is 893. The number of methoxy groups -OCH3 is 2. The molecule has 0 saturated carbocycles. The summed E-state index contributed by atoms with van der Waals surface area (Å²) < 4.78 is 10.2. The van der Waals surface area contributed by atoms with E-state index in [9.17, 15) is 4.79 Å². The summed E-state index contributed by atoms with van der Waals surface area (Å²) in [5.74, 6) is 0.634. The summed E-state index contributed by atoms with van der Waals surface area (Å²) in [5, 5.41) is 4.08. The number of fused-ring (bicyclic) bond motifs is 1. The van der Waals surface area contributed by atoms with E-state index < -0.39 is 0 Å². The summed E-state index contributed by atoms with van der Waals surface area (Å²) in [5.41, 5.74) is 1.14. The largest absolute Gasteiger partial charge is 0.383 e. The number of carbonyl (C=O) groups is 1. The van der Waals surface area contributed by atoms with Crippen LogP contribution in [-0.4, -0.2) is 67.8 Å². The fourth-order valence-electron chi connectivity index (χ4n) is 2.78. The predicted octanol–water partition coefficient (Wildman–Crippen LogP) is 2.89. The van der Waals surface area contributed by atoms with E-state index >= 15 is 0 Å². The zero-order chi connectivity index (χ0) is 19.8. The fourth-order valence-corrected chi connectivity index (χ4v) is 3.78. The summed E-state index contributed by atoms with van der Waals surface area (Å²) in [4.78, 5) is 25.0. The summed E-state index contributed by atoms with van der Waals surface area (Å²) in [7, 11) is 3.24. The Hall–Kier alpha value is -2.55. The number of aromatic nitrogens is 2. The smallest absolute Gasteiger partial charge is 0.242 e. The second kappa shape index (κ2) is 10.1. The zero-order valence-electron chi connectivity index (χ0n) is 16.1. The van der Waals surface area contributed by atoms with Crippen molar-refractivity contribution in [3.8, 4) is 10.4 Å². The fraction of sp³-hybridized carbons (Fsp3) is 0.350. The number of anilines is 1. The molecule has 28 heavy (non-hydrogen) atoms. The van der Waals surface area contributed by atoms with Gasteiger partial charge in [0, 0.05) is 32.2 Å². The lowest BCUT2D eigenvalue weighted by atomic mass is 10.2. The molecule has 1 amide bonds. The number of nitrogens with zero attached hydrogens (tertiary/aromatic N) is 3. The molecular weight excluding hydrogens is 376 g/mol. The van der Waals surface area contributed by atoms with Crippen LogP contribution in [0, 0.1) is 0 Å². The van der Waals surface area contributed by atoms with E-state index in [0.717, 1.165) is 20.7 Å². The second-order valence-electron chi connectivity index (χ2n) is 6.14. The molecule has 0 radical (unpaired) electrons. The topological polar surface area (TPSA) is 76.6 Å². The minimum Gasteiger partial charge on any atom is -0.383 e. The van der Waals surface area contributed by atoms with Crippen LogP contribution < -0.4 is 5.32 Å². The Labute approximate surface area is 168 Å². The normalized spacial score (nSPS) is 10.9. The van der Waals surface area contributed by atoms with Crippen molar-refractivity contribution in [1.82, 2.24) is 14.9 Å². The van der Waals surface area contributed by atoms with Crippen LogP contribution in [-0.2, 0) is 14.3 Å². The Kier molecular flexibility index (Phi) is 7.30. The number of hydrogen-bond donors (Lipinski definition) is 1. The van der Waals surface area contributed by atoms with Gasteiger partial charge in [-0.1, -0.05) is 30.3 Å². The zero-order valence-corrected chi connectivity index (χ0v) is 16.9. The molecule has 0 bridgehead atoms. The van der Waals surface area contributed by atoms with Gasteiger partial charge in [-0.05, 0) is 11.6 Å². The van der Waals surface area contributed by atoms with Gasteiger partial charge in [0.1, 0.15) is 17.0 Å². The molecule has 0 spiro atoms. The Morgan fingerprint density at radius 2 is 1.82 bits per heavy atom. The number of amides is 1. The molecule has 0 fully saturated rings. The summed E-state index contributed by atoms with van der Waals surface area (Å²) >= 11 is 1.61. The van der Waals surface area contributed by atoms with Gasteiger partial charge in [-0.2, -0.15) is 0 Å². The van der Waals surface area contributed by atoms with Gasteiger partial charge in [0.15, 0.2) is 0 Å². The third kappa shape index (κ3) is 5.03. The van der Waals surface area contributed by atoms with Crippen LogP contribution >= 0.6 is 11.3 Å². The van der Waals surface area contributed by atoms with Crippen molar-refractivity contribution in [1.29, 1.82) is 0 Å². The lowest BCUT2D eigenvalue weighted by Crippen LogP contribution is -2.39. The lowest BCUT2D eigenvalue weighted by Gasteiger charge is -2.22.